The maximum Gasteiger partial charge on any atom is 0.313 e. The number of carboxylic acid groups (broad SMARTS) is 1. The maximum atomic E-state index is 10.7. The molecule has 0 unspecified atom stereocenters. The fourth-order valence-corrected chi connectivity index (χ4v) is 2.94. The van der Waals surface area contributed by atoms with Crippen LogP contribution in [0.5, 0.6) is 0 Å². The van der Waals surface area contributed by atoms with E-state index >= 15 is 0 Å². The maximum absolute atomic E-state index is 10.7. The van der Waals surface area contributed by atoms with Gasteiger partial charge in [-0.3, -0.25) is 9.36 Å². The minimum absolute atomic E-state index is 0.0205. The van der Waals surface area contributed by atoms with Crippen molar-refractivity contribution in [2.75, 3.05) is 5.75 Å². The van der Waals surface area contributed by atoms with Gasteiger partial charge >= 0.3 is 5.97 Å². The first kappa shape index (κ1) is 13.5. The van der Waals surface area contributed by atoms with E-state index in [4.69, 9.17) is 16.7 Å². The first-order valence-corrected chi connectivity index (χ1v) is 7.57. The third kappa shape index (κ3) is 2.66. The fourth-order valence-electron chi connectivity index (χ4n) is 1.99. The van der Waals surface area contributed by atoms with Crippen molar-refractivity contribution in [2.24, 2.45) is 0 Å². The molecule has 1 N–H and O–H groups in total. The van der Waals surface area contributed by atoms with Gasteiger partial charge in [0, 0.05) is 11.6 Å². The summed E-state index contributed by atoms with van der Waals surface area (Å²) in [7, 11) is 0. The molecule has 5 nitrogen and oxygen atoms in total. The van der Waals surface area contributed by atoms with Crippen molar-refractivity contribution in [1.29, 1.82) is 0 Å². The molecule has 1 aliphatic carbocycles. The van der Waals surface area contributed by atoms with Crippen molar-refractivity contribution in [3.63, 3.8) is 0 Å². The molecule has 104 valence electrons. The molecule has 0 radical (unpaired) electrons. The number of aromatic nitrogens is 3. The Morgan fingerprint density at radius 3 is 2.80 bits per heavy atom. The lowest BCUT2D eigenvalue weighted by molar-refractivity contribution is -0.133. The quantitative estimate of drug-likeness (QED) is 0.860. The van der Waals surface area contributed by atoms with Gasteiger partial charge in [0.05, 0.1) is 10.8 Å². The van der Waals surface area contributed by atoms with Crippen molar-refractivity contribution in [3.05, 3.63) is 29.3 Å². The van der Waals surface area contributed by atoms with Crippen LogP contribution in [-0.2, 0) is 4.79 Å². The van der Waals surface area contributed by atoms with E-state index in [2.05, 4.69) is 10.2 Å². The highest BCUT2D eigenvalue weighted by atomic mass is 35.5. The summed E-state index contributed by atoms with van der Waals surface area (Å²) >= 11 is 7.40. The highest BCUT2D eigenvalue weighted by molar-refractivity contribution is 7.99. The smallest absolute Gasteiger partial charge is 0.313 e. The molecular formula is C13H12ClN3O2S. The first-order chi connectivity index (χ1) is 9.66. The molecule has 1 aliphatic rings. The van der Waals surface area contributed by atoms with Crippen LogP contribution in [-0.4, -0.2) is 31.6 Å². The van der Waals surface area contributed by atoms with Crippen LogP contribution < -0.4 is 0 Å². The van der Waals surface area contributed by atoms with E-state index in [1.807, 2.05) is 28.8 Å². The minimum Gasteiger partial charge on any atom is -0.481 e. The van der Waals surface area contributed by atoms with Gasteiger partial charge in [0.15, 0.2) is 11.0 Å². The van der Waals surface area contributed by atoms with Crippen molar-refractivity contribution < 1.29 is 9.90 Å². The van der Waals surface area contributed by atoms with Crippen molar-refractivity contribution in [2.45, 2.75) is 24.0 Å². The van der Waals surface area contributed by atoms with Gasteiger partial charge in [-0.25, -0.2) is 0 Å². The van der Waals surface area contributed by atoms with Gasteiger partial charge in [-0.05, 0) is 25.0 Å². The topological polar surface area (TPSA) is 68.0 Å². The Morgan fingerprint density at radius 1 is 1.40 bits per heavy atom. The molecule has 1 heterocycles. The zero-order chi connectivity index (χ0) is 14.1. The van der Waals surface area contributed by atoms with Crippen molar-refractivity contribution in [1.82, 2.24) is 14.8 Å². The number of hydrogen-bond donors (Lipinski definition) is 1. The number of hydrogen-bond acceptors (Lipinski definition) is 4. The lowest BCUT2D eigenvalue weighted by Gasteiger charge is -2.09. The molecule has 0 saturated heterocycles. The molecule has 2 aromatic rings. The Hall–Kier alpha value is -1.53. The van der Waals surface area contributed by atoms with Gasteiger partial charge in [0.1, 0.15) is 0 Å². The van der Waals surface area contributed by atoms with E-state index in [9.17, 15) is 4.79 Å². The second kappa shape index (κ2) is 5.46. The van der Waals surface area contributed by atoms with E-state index in [1.165, 1.54) is 11.8 Å². The van der Waals surface area contributed by atoms with Gasteiger partial charge < -0.3 is 5.11 Å². The number of thioether (sulfide) groups is 1. The molecular weight excluding hydrogens is 298 g/mol. The monoisotopic (exact) mass is 309 g/mol. The standard InChI is InChI=1S/C13H12ClN3O2S/c14-10-4-2-1-3-9(10)12-15-16-13(20-7-11(18)19)17(12)8-5-6-8/h1-4,8H,5-7H2,(H,18,19). The molecule has 1 aromatic carbocycles. The highest BCUT2D eigenvalue weighted by Gasteiger charge is 2.30. The molecule has 0 bridgehead atoms. The SMILES string of the molecule is O=C(O)CSc1nnc(-c2ccccc2Cl)n1C1CC1. The molecule has 1 aromatic heterocycles. The van der Waals surface area contributed by atoms with E-state index in [0.29, 0.717) is 22.0 Å². The number of benzene rings is 1. The third-order valence-electron chi connectivity index (χ3n) is 3.02. The average Bonchev–Trinajstić information content (AvgIpc) is 3.17. The minimum atomic E-state index is -0.861. The van der Waals surface area contributed by atoms with Crippen LogP contribution in [0.15, 0.2) is 29.4 Å². The molecule has 1 fully saturated rings. The van der Waals surface area contributed by atoms with Crippen LogP contribution in [0, 0.1) is 0 Å². The van der Waals surface area contributed by atoms with Crippen LogP contribution in [0.4, 0.5) is 0 Å². The summed E-state index contributed by atoms with van der Waals surface area (Å²) in [6, 6.07) is 7.83. The van der Waals surface area contributed by atoms with Crippen LogP contribution in [0.1, 0.15) is 18.9 Å². The van der Waals surface area contributed by atoms with E-state index in [0.717, 1.165) is 18.4 Å². The lowest BCUT2D eigenvalue weighted by atomic mass is 10.2. The van der Waals surface area contributed by atoms with Gasteiger partial charge in [-0.2, -0.15) is 0 Å². The summed E-state index contributed by atoms with van der Waals surface area (Å²) in [6.07, 6.45) is 2.13. The number of nitrogens with zero attached hydrogens (tertiary/aromatic N) is 3. The molecule has 3 rings (SSSR count). The predicted octanol–water partition coefficient (Wildman–Crippen LogP) is 3.11. The van der Waals surface area contributed by atoms with Crippen LogP contribution in [0.2, 0.25) is 5.02 Å². The summed E-state index contributed by atoms with van der Waals surface area (Å²) in [6.45, 7) is 0. The largest absolute Gasteiger partial charge is 0.481 e. The average molecular weight is 310 g/mol. The summed E-state index contributed by atoms with van der Waals surface area (Å²) < 4.78 is 2.01. The summed E-state index contributed by atoms with van der Waals surface area (Å²) in [5.74, 6) is -0.168. The van der Waals surface area contributed by atoms with Crippen molar-refractivity contribution in [3.8, 4) is 11.4 Å². The predicted molar refractivity (Wildman–Crippen MR) is 77.1 cm³/mol. The summed E-state index contributed by atoms with van der Waals surface area (Å²) in [4.78, 5) is 10.7. The number of carbonyl (C=O) groups is 1. The summed E-state index contributed by atoms with van der Waals surface area (Å²) in [5, 5.41) is 18.4. The number of aliphatic carboxylic acids is 1. The Bertz CT molecular complexity index is 655. The fraction of sp³-hybridized carbons (Fsp3) is 0.308. The number of carboxylic acids is 1. The second-order valence-corrected chi connectivity index (χ2v) is 5.92. The van der Waals surface area contributed by atoms with Gasteiger partial charge in [0.2, 0.25) is 0 Å². The van der Waals surface area contributed by atoms with Crippen molar-refractivity contribution >= 4 is 29.3 Å². The third-order valence-corrected chi connectivity index (χ3v) is 4.27. The van der Waals surface area contributed by atoms with Crippen LogP contribution in [0.25, 0.3) is 11.4 Å². The Balaban J connectivity index is 1.99. The molecule has 20 heavy (non-hydrogen) atoms. The van der Waals surface area contributed by atoms with Crippen LogP contribution >= 0.6 is 23.4 Å². The lowest BCUT2D eigenvalue weighted by Crippen LogP contribution is -2.03. The van der Waals surface area contributed by atoms with Gasteiger partial charge in [-0.15, -0.1) is 10.2 Å². The van der Waals surface area contributed by atoms with Gasteiger partial charge in [-0.1, -0.05) is 35.5 Å². The Kier molecular flexibility index (Phi) is 3.67. The number of rotatable bonds is 5. The Morgan fingerprint density at radius 2 is 2.15 bits per heavy atom. The summed E-state index contributed by atoms with van der Waals surface area (Å²) in [5.41, 5.74) is 0.829. The van der Waals surface area contributed by atoms with Gasteiger partial charge in [0.25, 0.3) is 0 Å². The molecule has 0 aliphatic heterocycles. The van der Waals surface area contributed by atoms with E-state index < -0.39 is 5.97 Å². The zero-order valence-electron chi connectivity index (χ0n) is 10.5. The van der Waals surface area contributed by atoms with Crippen LogP contribution in [0.3, 0.4) is 0 Å². The van der Waals surface area contributed by atoms with E-state index in [-0.39, 0.29) is 5.75 Å². The molecule has 1 saturated carbocycles. The Labute approximate surface area is 125 Å². The normalized spacial score (nSPS) is 14.4. The molecule has 0 atom stereocenters. The second-order valence-electron chi connectivity index (χ2n) is 4.57. The molecule has 7 heteroatoms. The van der Waals surface area contributed by atoms with E-state index in [1.54, 1.807) is 0 Å². The number of halogens is 1. The highest BCUT2D eigenvalue weighted by Crippen LogP contribution is 2.42. The first-order valence-electron chi connectivity index (χ1n) is 6.21. The molecule has 0 spiro atoms. The molecule has 0 amide bonds. The zero-order valence-corrected chi connectivity index (χ0v) is 12.1.